The Balaban J connectivity index is 1.39. The zero-order valence-electron chi connectivity index (χ0n) is 15.8. The van der Waals surface area contributed by atoms with Crippen LogP contribution in [0.15, 0.2) is 24.5 Å². The van der Waals surface area contributed by atoms with Crippen LogP contribution in [0.4, 0.5) is 5.69 Å². The summed E-state index contributed by atoms with van der Waals surface area (Å²) in [5.74, 6) is 1.42. The number of carbonyl (C=O) groups excluding carboxylic acids is 1. The minimum absolute atomic E-state index is 0.261. The molecule has 25 heavy (non-hydrogen) atoms. The van der Waals surface area contributed by atoms with Gasteiger partial charge in [-0.1, -0.05) is 26.7 Å². The first-order chi connectivity index (χ1) is 12.0. The van der Waals surface area contributed by atoms with Crippen molar-refractivity contribution in [1.29, 1.82) is 0 Å². The normalized spacial score (nSPS) is 24.1. The van der Waals surface area contributed by atoms with E-state index in [9.17, 15) is 4.79 Å². The molecule has 0 aromatic carbocycles. The SMILES string of the molecule is CC1(C)CCCCC1CC(=O)NCC1CCN(c2ccncc2)CC1. The average molecular weight is 344 g/mol. The molecule has 138 valence electrons. The molecule has 2 aliphatic rings. The number of piperidine rings is 1. The Bertz CT molecular complexity index is 550. The van der Waals surface area contributed by atoms with Gasteiger partial charge in [-0.05, 0) is 55.1 Å². The van der Waals surface area contributed by atoms with Crippen molar-refractivity contribution in [1.82, 2.24) is 10.3 Å². The van der Waals surface area contributed by atoms with Crippen LogP contribution in [0, 0.1) is 17.3 Å². The first-order valence-corrected chi connectivity index (χ1v) is 9.96. The lowest BCUT2D eigenvalue weighted by molar-refractivity contribution is -0.123. The van der Waals surface area contributed by atoms with Crippen molar-refractivity contribution in [2.24, 2.45) is 17.3 Å². The predicted molar refractivity (Wildman–Crippen MR) is 103 cm³/mol. The van der Waals surface area contributed by atoms with Gasteiger partial charge in [0.2, 0.25) is 5.91 Å². The molecule has 0 radical (unpaired) electrons. The van der Waals surface area contributed by atoms with Crippen molar-refractivity contribution in [2.75, 3.05) is 24.5 Å². The first-order valence-electron chi connectivity index (χ1n) is 9.96. The van der Waals surface area contributed by atoms with E-state index in [2.05, 4.69) is 41.2 Å². The maximum atomic E-state index is 12.4. The Hall–Kier alpha value is -1.58. The van der Waals surface area contributed by atoms with Crippen LogP contribution in [-0.4, -0.2) is 30.5 Å². The van der Waals surface area contributed by atoms with Crippen molar-refractivity contribution in [2.45, 2.75) is 58.8 Å². The summed E-state index contributed by atoms with van der Waals surface area (Å²) >= 11 is 0. The molecule has 2 fully saturated rings. The van der Waals surface area contributed by atoms with Crippen LogP contribution in [0.5, 0.6) is 0 Å². The van der Waals surface area contributed by atoms with Gasteiger partial charge in [-0.2, -0.15) is 0 Å². The molecule has 0 spiro atoms. The molecule has 1 aliphatic heterocycles. The van der Waals surface area contributed by atoms with Gasteiger partial charge in [-0.3, -0.25) is 9.78 Å². The van der Waals surface area contributed by atoms with Crippen LogP contribution in [0.25, 0.3) is 0 Å². The molecule has 1 saturated carbocycles. The van der Waals surface area contributed by atoms with Crippen molar-refractivity contribution >= 4 is 11.6 Å². The van der Waals surface area contributed by atoms with E-state index >= 15 is 0 Å². The van der Waals surface area contributed by atoms with Gasteiger partial charge in [0.05, 0.1) is 0 Å². The highest BCUT2D eigenvalue weighted by Gasteiger charge is 2.33. The molecule has 1 aromatic heterocycles. The fourth-order valence-corrected chi connectivity index (χ4v) is 4.45. The summed E-state index contributed by atoms with van der Waals surface area (Å²) in [7, 11) is 0. The molecule has 1 saturated heterocycles. The number of pyridine rings is 1. The van der Waals surface area contributed by atoms with E-state index in [1.807, 2.05) is 12.4 Å². The highest BCUT2D eigenvalue weighted by atomic mass is 16.1. The number of hydrogen-bond donors (Lipinski definition) is 1. The topological polar surface area (TPSA) is 45.2 Å². The standard InChI is InChI=1S/C21H33N3O/c1-21(2)10-4-3-5-18(21)15-20(25)23-16-17-8-13-24(14-9-17)19-6-11-22-12-7-19/h6-7,11-12,17-18H,3-5,8-10,13-16H2,1-2H3,(H,23,25). The van der Waals surface area contributed by atoms with Crippen molar-refractivity contribution < 1.29 is 4.79 Å². The Morgan fingerprint density at radius 2 is 1.92 bits per heavy atom. The quantitative estimate of drug-likeness (QED) is 0.878. The van der Waals surface area contributed by atoms with Crippen LogP contribution < -0.4 is 10.2 Å². The summed E-state index contributed by atoms with van der Waals surface area (Å²) in [6, 6.07) is 4.15. The summed E-state index contributed by atoms with van der Waals surface area (Å²) < 4.78 is 0. The molecule has 1 atom stereocenters. The van der Waals surface area contributed by atoms with Crippen LogP contribution in [0.1, 0.15) is 58.8 Å². The van der Waals surface area contributed by atoms with Crippen LogP contribution in [-0.2, 0) is 4.79 Å². The second-order valence-electron chi connectivity index (χ2n) is 8.58. The minimum atomic E-state index is 0.261. The molecule has 1 aliphatic carbocycles. The van der Waals surface area contributed by atoms with Gasteiger partial charge in [0.25, 0.3) is 0 Å². The lowest BCUT2D eigenvalue weighted by Crippen LogP contribution is -2.40. The van der Waals surface area contributed by atoms with Gasteiger partial charge < -0.3 is 10.2 Å². The largest absolute Gasteiger partial charge is 0.371 e. The fourth-order valence-electron chi connectivity index (χ4n) is 4.45. The van der Waals surface area contributed by atoms with Crippen LogP contribution >= 0.6 is 0 Å². The van der Waals surface area contributed by atoms with Gasteiger partial charge in [0, 0.05) is 44.1 Å². The van der Waals surface area contributed by atoms with Crippen molar-refractivity contribution in [3.63, 3.8) is 0 Å². The third kappa shape index (κ3) is 4.96. The van der Waals surface area contributed by atoms with Gasteiger partial charge in [-0.25, -0.2) is 0 Å². The summed E-state index contributed by atoms with van der Waals surface area (Å²) in [6.07, 6.45) is 11.8. The minimum Gasteiger partial charge on any atom is -0.371 e. The zero-order chi connectivity index (χ0) is 17.7. The number of nitrogens with zero attached hydrogens (tertiary/aromatic N) is 2. The molecule has 1 aromatic rings. The molecule has 1 unspecified atom stereocenters. The average Bonchev–Trinajstić information content (AvgIpc) is 2.63. The fraction of sp³-hybridized carbons (Fsp3) is 0.714. The maximum absolute atomic E-state index is 12.4. The summed E-state index contributed by atoms with van der Waals surface area (Å²) in [4.78, 5) is 18.9. The van der Waals surface area contributed by atoms with E-state index in [0.717, 1.165) is 32.5 Å². The molecule has 3 rings (SSSR count). The number of rotatable bonds is 5. The molecule has 1 N–H and O–H groups in total. The number of amides is 1. The molecule has 1 amide bonds. The molecular weight excluding hydrogens is 310 g/mol. The first kappa shape index (κ1) is 18.2. The third-order valence-electron chi connectivity index (χ3n) is 6.39. The molecule has 2 heterocycles. The number of aromatic nitrogens is 1. The Labute approximate surface area is 152 Å². The lowest BCUT2D eigenvalue weighted by atomic mass is 9.67. The maximum Gasteiger partial charge on any atom is 0.220 e. The highest BCUT2D eigenvalue weighted by molar-refractivity contribution is 5.76. The molecule has 4 nitrogen and oxygen atoms in total. The predicted octanol–water partition coefficient (Wildman–Crippen LogP) is 4.02. The Kier molecular flexibility index (Phi) is 5.98. The van der Waals surface area contributed by atoms with Crippen LogP contribution in [0.3, 0.4) is 0 Å². The Morgan fingerprint density at radius 1 is 1.20 bits per heavy atom. The van der Waals surface area contributed by atoms with Crippen molar-refractivity contribution in [3.05, 3.63) is 24.5 Å². The summed E-state index contributed by atoms with van der Waals surface area (Å²) in [5.41, 5.74) is 1.59. The molecule has 4 heteroatoms. The van der Waals surface area contributed by atoms with Gasteiger partial charge in [-0.15, -0.1) is 0 Å². The molecule has 0 bridgehead atoms. The zero-order valence-corrected chi connectivity index (χ0v) is 15.8. The van der Waals surface area contributed by atoms with E-state index in [-0.39, 0.29) is 5.91 Å². The Morgan fingerprint density at radius 3 is 2.60 bits per heavy atom. The smallest absolute Gasteiger partial charge is 0.220 e. The van der Waals surface area contributed by atoms with Crippen LogP contribution in [0.2, 0.25) is 0 Å². The van der Waals surface area contributed by atoms with E-state index in [1.54, 1.807) is 0 Å². The third-order valence-corrected chi connectivity index (χ3v) is 6.39. The number of carbonyl (C=O) groups is 1. The second-order valence-corrected chi connectivity index (χ2v) is 8.58. The molecular formula is C21H33N3O. The number of hydrogen-bond acceptors (Lipinski definition) is 3. The monoisotopic (exact) mass is 343 g/mol. The van der Waals surface area contributed by atoms with E-state index < -0.39 is 0 Å². The van der Waals surface area contributed by atoms with E-state index in [1.165, 1.54) is 31.4 Å². The van der Waals surface area contributed by atoms with Gasteiger partial charge >= 0.3 is 0 Å². The summed E-state index contributed by atoms with van der Waals surface area (Å²) in [6.45, 7) is 7.65. The van der Waals surface area contributed by atoms with E-state index in [0.29, 0.717) is 23.7 Å². The van der Waals surface area contributed by atoms with Gasteiger partial charge in [0.15, 0.2) is 0 Å². The lowest BCUT2D eigenvalue weighted by Gasteiger charge is -2.38. The van der Waals surface area contributed by atoms with Gasteiger partial charge in [0.1, 0.15) is 0 Å². The highest BCUT2D eigenvalue weighted by Crippen LogP contribution is 2.42. The summed E-state index contributed by atoms with van der Waals surface area (Å²) in [5, 5.41) is 3.22. The number of nitrogens with one attached hydrogen (secondary N) is 1. The van der Waals surface area contributed by atoms with E-state index in [4.69, 9.17) is 0 Å². The number of anilines is 1. The second kappa shape index (κ2) is 8.20. The van der Waals surface area contributed by atoms with Crippen molar-refractivity contribution in [3.8, 4) is 0 Å².